The molecule has 3 aromatic rings. The van der Waals surface area contributed by atoms with Gasteiger partial charge in [-0.2, -0.15) is 0 Å². The molecule has 2 heterocycles. The molecule has 0 aliphatic carbocycles. The Hall–Kier alpha value is -2.88. The Labute approximate surface area is 251 Å². The molecule has 1 fully saturated rings. The largest absolute Gasteiger partial charge is 0.491 e. The number of β-amino-alcohol motifs (C(OH)–C–C–N with tert-alkyl or cyclic N) is 1. The summed E-state index contributed by atoms with van der Waals surface area (Å²) in [4.78, 5) is 21.3. The average molecular weight is 603 g/mol. The van der Waals surface area contributed by atoms with Gasteiger partial charge in [0.2, 0.25) is 0 Å². The second-order valence-corrected chi connectivity index (χ2v) is 12.2. The summed E-state index contributed by atoms with van der Waals surface area (Å²) in [5.74, 6) is 0.139. The van der Waals surface area contributed by atoms with E-state index in [1.54, 1.807) is 25.1 Å². The fourth-order valence-electron chi connectivity index (χ4n) is 4.90. The van der Waals surface area contributed by atoms with Crippen molar-refractivity contribution in [2.24, 2.45) is 0 Å². The lowest BCUT2D eigenvalue weighted by Gasteiger charge is -2.45. The second kappa shape index (κ2) is 13.0. The van der Waals surface area contributed by atoms with Gasteiger partial charge in [-0.25, -0.2) is 4.79 Å². The second-order valence-electron chi connectivity index (χ2n) is 11.4. The Kier molecular flexibility index (Phi) is 9.82. The Morgan fingerprint density at radius 2 is 1.78 bits per heavy atom. The summed E-state index contributed by atoms with van der Waals surface area (Å²) in [6, 6.07) is 16.5. The van der Waals surface area contributed by atoms with Crippen molar-refractivity contribution >= 4 is 34.9 Å². The van der Waals surface area contributed by atoms with Crippen LogP contribution in [0.2, 0.25) is 10.0 Å². The Morgan fingerprint density at radius 1 is 1.05 bits per heavy atom. The summed E-state index contributed by atoms with van der Waals surface area (Å²) in [5, 5.41) is 21.7. The van der Waals surface area contributed by atoms with Crippen molar-refractivity contribution < 1.29 is 24.5 Å². The fourth-order valence-corrected chi connectivity index (χ4v) is 5.31. The lowest BCUT2D eigenvalue weighted by atomic mass is 9.97. The average Bonchev–Trinajstić information content (AvgIpc) is 2.91. The summed E-state index contributed by atoms with van der Waals surface area (Å²) >= 11 is 12.9. The Balaban J connectivity index is 1.53. The number of halogens is 2. The van der Waals surface area contributed by atoms with Gasteiger partial charge in [-0.1, -0.05) is 35.3 Å². The first kappa shape index (κ1) is 31.1. The van der Waals surface area contributed by atoms with Gasteiger partial charge in [0.15, 0.2) is 0 Å². The van der Waals surface area contributed by atoms with Crippen LogP contribution in [0.1, 0.15) is 55.4 Å². The first-order chi connectivity index (χ1) is 19.4. The van der Waals surface area contributed by atoms with E-state index in [1.165, 1.54) is 6.20 Å². The van der Waals surface area contributed by atoms with Crippen LogP contribution in [0.5, 0.6) is 5.75 Å². The zero-order chi connectivity index (χ0) is 29.8. The normalized spacial score (nSPS) is 17.7. The molecule has 0 radical (unpaired) electrons. The van der Waals surface area contributed by atoms with Crippen molar-refractivity contribution in [1.29, 1.82) is 0 Å². The number of piperazine rings is 1. The first-order valence-electron chi connectivity index (χ1n) is 13.6. The molecule has 1 aliphatic rings. The van der Waals surface area contributed by atoms with Gasteiger partial charge in [0.25, 0.3) is 0 Å². The molecule has 0 saturated carbocycles. The van der Waals surface area contributed by atoms with Gasteiger partial charge in [-0.3, -0.25) is 9.88 Å². The van der Waals surface area contributed by atoms with E-state index in [0.717, 1.165) is 11.3 Å². The van der Waals surface area contributed by atoms with Crippen LogP contribution >= 0.6 is 23.2 Å². The van der Waals surface area contributed by atoms with Crippen LogP contribution in [-0.2, 0) is 10.3 Å². The zero-order valence-electron chi connectivity index (χ0n) is 23.8. The highest BCUT2D eigenvalue weighted by Crippen LogP contribution is 2.38. The number of aliphatic hydroxyl groups excluding tert-OH is 1. The third-order valence-electron chi connectivity index (χ3n) is 6.79. The Morgan fingerprint density at radius 3 is 2.39 bits per heavy atom. The highest BCUT2D eigenvalue weighted by Gasteiger charge is 2.35. The van der Waals surface area contributed by atoms with Crippen LogP contribution in [0.4, 0.5) is 5.69 Å². The smallest absolute Gasteiger partial charge is 0.340 e. The quantitative estimate of drug-likeness (QED) is 0.311. The number of hydrogen-bond donors (Lipinski definition) is 2. The highest BCUT2D eigenvalue weighted by atomic mass is 35.5. The van der Waals surface area contributed by atoms with Gasteiger partial charge >= 0.3 is 5.97 Å². The number of aromatic nitrogens is 1. The van der Waals surface area contributed by atoms with Crippen LogP contribution < -0.4 is 9.64 Å². The molecule has 0 unspecified atom stereocenters. The van der Waals surface area contributed by atoms with Crippen LogP contribution in [0.3, 0.4) is 0 Å². The minimum atomic E-state index is -1.26. The molecule has 1 saturated heterocycles. The van der Waals surface area contributed by atoms with Crippen molar-refractivity contribution in [1.82, 2.24) is 9.88 Å². The van der Waals surface area contributed by atoms with Crippen molar-refractivity contribution in [3.05, 3.63) is 87.7 Å². The minimum absolute atomic E-state index is 0.0685. The van der Waals surface area contributed by atoms with Crippen LogP contribution in [0.15, 0.2) is 60.8 Å². The number of hydrogen-bond acceptors (Lipinski definition) is 8. The van der Waals surface area contributed by atoms with Gasteiger partial charge in [0.1, 0.15) is 23.6 Å². The maximum absolute atomic E-state index is 12.4. The standard InChI is InChI=1S/C31H37Cl2N3O5/c1-30(2,3)41-29(38)22-7-12-28(34-18-22)31(4,39)20-35-13-14-36(27(19-35)21-5-8-23(32)9-6-21)26-11-10-24(17-25(26)33)40-16-15-37/h5-12,17-18,27,37,39H,13-16,19-20H2,1-4H3/t27-,31+/m0/s1. The molecule has 8 nitrogen and oxygen atoms in total. The molecule has 2 atom stereocenters. The van der Waals surface area contributed by atoms with Gasteiger partial charge in [-0.15, -0.1) is 0 Å². The number of esters is 1. The number of rotatable bonds is 9. The third-order valence-corrected chi connectivity index (χ3v) is 7.34. The monoisotopic (exact) mass is 601 g/mol. The molecule has 0 spiro atoms. The van der Waals surface area contributed by atoms with Crippen molar-refractivity contribution in [2.75, 3.05) is 44.3 Å². The molecular weight excluding hydrogens is 565 g/mol. The highest BCUT2D eigenvalue weighted by molar-refractivity contribution is 6.33. The van der Waals surface area contributed by atoms with Crippen LogP contribution in [-0.4, -0.2) is 71.1 Å². The van der Waals surface area contributed by atoms with Gasteiger partial charge in [0.05, 0.1) is 34.6 Å². The Bertz CT molecular complexity index is 1330. The fraction of sp³-hybridized carbons (Fsp3) is 0.419. The van der Waals surface area contributed by atoms with Crippen molar-refractivity contribution in [3.63, 3.8) is 0 Å². The number of benzene rings is 2. The predicted molar refractivity (Wildman–Crippen MR) is 161 cm³/mol. The topological polar surface area (TPSA) is 95.4 Å². The summed E-state index contributed by atoms with van der Waals surface area (Å²) in [6.45, 7) is 9.57. The molecule has 2 aromatic carbocycles. The van der Waals surface area contributed by atoms with Gasteiger partial charge in [-0.05, 0) is 69.7 Å². The SMILES string of the molecule is CC(C)(C)OC(=O)c1ccc([C@](C)(O)CN2CCN(c3ccc(OCCO)cc3Cl)[C@H](c3ccc(Cl)cc3)C2)nc1. The molecule has 41 heavy (non-hydrogen) atoms. The number of ether oxygens (including phenoxy) is 2. The summed E-state index contributed by atoms with van der Waals surface area (Å²) in [5.41, 5.74) is 0.869. The van der Waals surface area contributed by atoms with Crippen LogP contribution in [0.25, 0.3) is 0 Å². The number of nitrogens with zero attached hydrogens (tertiary/aromatic N) is 3. The van der Waals surface area contributed by atoms with Gasteiger partial charge in [0, 0.05) is 43.5 Å². The summed E-state index contributed by atoms with van der Waals surface area (Å²) in [7, 11) is 0. The van der Waals surface area contributed by atoms with E-state index < -0.39 is 17.2 Å². The molecule has 10 heteroatoms. The van der Waals surface area contributed by atoms with Crippen molar-refractivity contribution in [3.8, 4) is 5.75 Å². The number of carbonyl (C=O) groups is 1. The number of carbonyl (C=O) groups excluding carboxylic acids is 1. The first-order valence-corrected chi connectivity index (χ1v) is 14.3. The number of aliphatic hydroxyl groups is 2. The van der Waals surface area contributed by atoms with E-state index in [2.05, 4.69) is 14.8 Å². The van der Waals surface area contributed by atoms with E-state index in [-0.39, 0.29) is 19.3 Å². The molecule has 1 aliphatic heterocycles. The molecule has 0 bridgehead atoms. The van der Waals surface area contributed by atoms with Crippen molar-refractivity contribution in [2.45, 2.75) is 44.9 Å². The molecule has 1 aromatic heterocycles. The van der Waals surface area contributed by atoms with E-state index >= 15 is 0 Å². The molecule has 220 valence electrons. The minimum Gasteiger partial charge on any atom is -0.491 e. The lowest BCUT2D eigenvalue weighted by molar-refractivity contribution is 0.00459. The zero-order valence-corrected chi connectivity index (χ0v) is 25.3. The predicted octanol–water partition coefficient (Wildman–Crippen LogP) is 5.49. The molecule has 0 amide bonds. The van der Waals surface area contributed by atoms with E-state index in [9.17, 15) is 9.90 Å². The van der Waals surface area contributed by atoms with Gasteiger partial charge < -0.3 is 24.6 Å². The third kappa shape index (κ3) is 8.11. The van der Waals surface area contributed by atoms with E-state index in [1.807, 2.05) is 57.2 Å². The maximum Gasteiger partial charge on any atom is 0.340 e. The van der Waals surface area contributed by atoms with E-state index in [0.29, 0.717) is 53.2 Å². The van der Waals surface area contributed by atoms with Crippen LogP contribution in [0, 0.1) is 0 Å². The lowest BCUT2D eigenvalue weighted by Crippen LogP contribution is -2.52. The van der Waals surface area contributed by atoms with E-state index in [4.69, 9.17) is 37.8 Å². The maximum atomic E-state index is 12.4. The molecular formula is C31H37Cl2N3O5. The molecule has 2 N–H and O–H groups in total. The summed E-state index contributed by atoms with van der Waals surface area (Å²) < 4.78 is 10.9. The summed E-state index contributed by atoms with van der Waals surface area (Å²) in [6.07, 6.45) is 1.45. The molecule has 4 rings (SSSR count). The number of anilines is 1. The number of pyridine rings is 1.